The molecule has 0 N–H and O–H groups in total. The molecule has 0 aromatic heterocycles. The van der Waals surface area contributed by atoms with Crippen LogP contribution >= 0.6 is 0 Å². The van der Waals surface area contributed by atoms with Crippen molar-refractivity contribution in [3.8, 4) is 11.5 Å². The van der Waals surface area contributed by atoms with Crippen LogP contribution in [0.1, 0.15) is 23.2 Å². The van der Waals surface area contributed by atoms with Gasteiger partial charge in [-0.2, -0.15) is 0 Å². The summed E-state index contributed by atoms with van der Waals surface area (Å²) >= 11 is 0. The van der Waals surface area contributed by atoms with Crippen molar-refractivity contribution in [3.63, 3.8) is 0 Å². The lowest BCUT2D eigenvalue weighted by atomic mass is 10.2. The van der Waals surface area contributed by atoms with Crippen LogP contribution in [0.4, 0.5) is 5.69 Å². The number of nitrogens with zero attached hydrogens (tertiary/aromatic N) is 1. The minimum absolute atomic E-state index is 0.654. The molecule has 2 aromatic rings. The molecule has 1 fully saturated rings. The summed E-state index contributed by atoms with van der Waals surface area (Å²) < 4.78 is 5.76. The van der Waals surface area contributed by atoms with Crippen molar-refractivity contribution >= 4 is 12.0 Å². The average molecular weight is 267 g/mol. The molecule has 2 aromatic carbocycles. The van der Waals surface area contributed by atoms with Gasteiger partial charge < -0.3 is 9.64 Å². The van der Waals surface area contributed by atoms with E-state index in [0.29, 0.717) is 5.56 Å². The molecule has 0 atom stereocenters. The van der Waals surface area contributed by atoms with Gasteiger partial charge >= 0.3 is 0 Å². The maximum Gasteiger partial charge on any atom is 0.150 e. The maximum absolute atomic E-state index is 10.6. The molecule has 0 saturated carbocycles. The molecular formula is C17H17NO2. The molecule has 0 unspecified atom stereocenters. The normalized spacial score (nSPS) is 14.3. The number of carbonyl (C=O) groups is 1. The van der Waals surface area contributed by atoms with E-state index in [9.17, 15) is 4.79 Å². The van der Waals surface area contributed by atoms with Crippen molar-refractivity contribution in [1.29, 1.82) is 0 Å². The van der Waals surface area contributed by atoms with Gasteiger partial charge in [-0.3, -0.25) is 4.79 Å². The number of hydrogen-bond donors (Lipinski definition) is 0. The zero-order valence-electron chi connectivity index (χ0n) is 11.3. The number of anilines is 1. The second-order valence-corrected chi connectivity index (χ2v) is 4.98. The summed E-state index contributed by atoms with van der Waals surface area (Å²) in [6.45, 7) is 2.29. The third-order valence-electron chi connectivity index (χ3n) is 3.56. The minimum Gasteiger partial charge on any atom is -0.457 e. The van der Waals surface area contributed by atoms with Gasteiger partial charge in [0.05, 0.1) is 0 Å². The molecule has 3 rings (SSSR count). The van der Waals surface area contributed by atoms with Gasteiger partial charge in [-0.25, -0.2) is 0 Å². The maximum atomic E-state index is 10.6. The van der Waals surface area contributed by atoms with E-state index in [4.69, 9.17) is 4.74 Å². The summed E-state index contributed by atoms with van der Waals surface area (Å²) in [5, 5.41) is 0. The summed E-state index contributed by atoms with van der Waals surface area (Å²) in [5.41, 5.74) is 1.91. The molecule has 0 radical (unpaired) electrons. The van der Waals surface area contributed by atoms with Gasteiger partial charge in [0.1, 0.15) is 17.8 Å². The van der Waals surface area contributed by atoms with E-state index < -0.39 is 0 Å². The second kappa shape index (κ2) is 5.78. The first-order chi connectivity index (χ1) is 9.85. The van der Waals surface area contributed by atoms with E-state index in [0.717, 1.165) is 30.9 Å². The Labute approximate surface area is 118 Å². The fourth-order valence-corrected chi connectivity index (χ4v) is 2.45. The number of rotatable bonds is 4. The molecule has 20 heavy (non-hydrogen) atoms. The number of ether oxygens (including phenoxy) is 1. The largest absolute Gasteiger partial charge is 0.457 e. The zero-order valence-corrected chi connectivity index (χ0v) is 11.3. The van der Waals surface area contributed by atoms with E-state index in [1.165, 1.54) is 18.5 Å². The molecule has 0 spiro atoms. The first kappa shape index (κ1) is 12.7. The highest BCUT2D eigenvalue weighted by Crippen LogP contribution is 2.26. The number of carbonyl (C=O) groups excluding carboxylic acids is 1. The number of aldehydes is 1. The highest BCUT2D eigenvalue weighted by atomic mass is 16.5. The van der Waals surface area contributed by atoms with Crippen LogP contribution in [0.5, 0.6) is 11.5 Å². The fraction of sp³-hybridized carbons (Fsp3) is 0.235. The zero-order chi connectivity index (χ0) is 13.8. The molecule has 0 aliphatic carbocycles. The van der Waals surface area contributed by atoms with Crippen molar-refractivity contribution in [2.24, 2.45) is 0 Å². The van der Waals surface area contributed by atoms with Gasteiger partial charge in [0.15, 0.2) is 0 Å². The Kier molecular flexibility index (Phi) is 3.68. The van der Waals surface area contributed by atoms with Crippen molar-refractivity contribution in [1.82, 2.24) is 0 Å². The third-order valence-corrected chi connectivity index (χ3v) is 3.56. The summed E-state index contributed by atoms with van der Waals surface area (Å²) in [6.07, 6.45) is 3.39. The molecule has 3 heteroatoms. The van der Waals surface area contributed by atoms with Gasteiger partial charge in [0.2, 0.25) is 0 Å². The molecule has 102 valence electrons. The Hall–Kier alpha value is -2.29. The SMILES string of the molecule is O=Cc1ccc(Oc2ccc(N3CCCC3)cc2)cc1. The van der Waals surface area contributed by atoms with Crippen LogP contribution in [0.2, 0.25) is 0 Å². The van der Waals surface area contributed by atoms with Gasteiger partial charge in [0.25, 0.3) is 0 Å². The molecule has 3 nitrogen and oxygen atoms in total. The van der Waals surface area contributed by atoms with E-state index >= 15 is 0 Å². The van der Waals surface area contributed by atoms with E-state index in [1.54, 1.807) is 24.3 Å². The van der Waals surface area contributed by atoms with Gasteiger partial charge in [0, 0.05) is 24.3 Å². The molecular weight excluding hydrogens is 250 g/mol. The molecule has 1 heterocycles. The first-order valence-electron chi connectivity index (χ1n) is 6.93. The van der Waals surface area contributed by atoms with Gasteiger partial charge in [-0.1, -0.05) is 0 Å². The van der Waals surface area contributed by atoms with Crippen LogP contribution in [0, 0.1) is 0 Å². The lowest BCUT2D eigenvalue weighted by Gasteiger charge is -2.17. The highest BCUT2D eigenvalue weighted by Gasteiger charge is 2.11. The fourth-order valence-electron chi connectivity index (χ4n) is 2.45. The van der Waals surface area contributed by atoms with Crippen LogP contribution < -0.4 is 9.64 Å². The van der Waals surface area contributed by atoms with Crippen molar-refractivity contribution < 1.29 is 9.53 Å². The summed E-state index contributed by atoms with van der Waals surface area (Å²) in [7, 11) is 0. The highest BCUT2D eigenvalue weighted by molar-refractivity contribution is 5.74. The van der Waals surface area contributed by atoms with Gasteiger partial charge in [-0.05, 0) is 61.4 Å². The van der Waals surface area contributed by atoms with E-state index in [1.807, 2.05) is 12.1 Å². The van der Waals surface area contributed by atoms with E-state index in [2.05, 4.69) is 17.0 Å². The van der Waals surface area contributed by atoms with Crippen LogP contribution in [0.25, 0.3) is 0 Å². The Morgan fingerprint density at radius 3 is 1.95 bits per heavy atom. The molecule has 0 bridgehead atoms. The van der Waals surface area contributed by atoms with Crippen LogP contribution in [-0.2, 0) is 0 Å². The summed E-state index contributed by atoms with van der Waals surface area (Å²) in [5.74, 6) is 1.55. The minimum atomic E-state index is 0.654. The predicted octanol–water partition coefficient (Wildman–Crippen LogP) is 3.89. The summed E-state index contributed by atoms with van der Waals surface area (Å²) in [4.78, 5) is 13.0. The molecule has 1 aliphatic heterocycles. The van der Waals surface area contributed by atoms with Gasteiger partial charge in [-0.15, -0.1) is 0 Å². The number of hydrogen-bond acceptors (Lipinski definition) is 3. The van der Waals surface area contributed by atoms with Crippen molar-refractivity contribution in [2.75, 3.05) is 18.0 Å². The Bertz CT molecular complexity index is 569. The Morgan fingerprint density at radius 1 is 0.850 bits per heavy atom. The Balaban J connectivity index is 1.69. The van der Waals surface area contributed by atoms with Crippen molar-refractivity contribution in [2.45, 2.75) is 12.8 Å². The first-order valence-corrected chi connectivity index (χ1v) is 6.93. The monoisotopic (exact) mass is 267 g/mol. The van der Waals surface area contributed by atoms with Crippen molar-refractivity contribution in [3.05, 3.63) is 54.1 Å². The second-order valence-electron chi connectivity index (χ2n) is 4.98. The molecule has 1 saturated heterocycles. The van der Waals surface area contributed by atoms with Crippen LogP contribution in [0.3, 0.4) is 0 Å². The molecule has 1 aliphatic rings. The number of benzene rings is 2. The average Bonchev–Trinajstić information content (AvgIpc) is 3.03. The molecule has 0 amide bonds. The van der Waals surface area contributed by atoms with Crippen LogP contribution in [-0.4, -0.2) is 19.4 Å². The summed E-state index contributed by atoms with van der Waals surface area (Å²) in [6, 6.07) is 15.3. The standard InChI is InChI=1S/C17H17NO2/c19-13-14-3-7-16(8-4-14)20-17-9-5-15(6-10-17)18-11-1-2-12-18/h3-10,13H,1-2,11-12H2. The predicted molar refractivity (Wildman–Crippen MR) is 79.8 cm³/mol. The lowest BCUT2D eigenvalue weighted by Crippen LogP contribution is -2.17. The van der Waals surface area contributed by atoms with Crippen LogP contribution in [0.15, 0.2) is 48.5 Å². The quantitative estimate of drug-likeness (QED) is 0.787. The topological polar surface area (TPSA) is 29.5 Å². The van der Waals surface area contributed by atoms with E-state index in [-0.39, 0.29) is 0 Å². The third kappa shape index (κ3) is 2.82. The lowest BCUT2D eigenvalue weighted by molar-refractivity contribution is 0.112. The Morgan fingerprint density at radius 2 is 1.40 bits per heavy atom. The smallest absolute Gasteiger partial charge is 0.150 e.